The van der Waals surface area contributed by atoms with Gasteiger partial charge in [0.2, 0.25) is 0 Å². The zero-order valence-corrected chi connectivity index (χ0v) is 17.6. The van der Waals surface area contributed by atoms with Crippen LogP contribution in [0.3, 0.4) is 0 Å². The van der Waals surface area contributed by atoms with Crippen molar-refractivity contribution >= 4 is 15.9 Å². The number of hydrogen-bond acceptors (Lipinski definition) is 4. The minimum absolute atomic E-state index is 0.0196. The Morgan fingerprint density at radius 1 is 1.13 bits per heavy atom. The van der Waals surface area contributed by atoms with Crippen molar-refractivity contribution in [2.75, 3.05) is 13.6 Å². The van der Waals surface area contributed by atoms with Crippen LogP contribution in [-0.2, 0) is 12.7 Å². The molecule has 4 nitrogen and oxygen atoms in total. The molecule has 1 aliphatic carbocycles. The summed E-state index contributed by atoms with van der Waals surface area (Å²) in [6.07, 6.45) is -5.97. The smallest absolute Gasteiger partial charge is 0.380 e. The first kappa shape index (κ1) is 23.1. The molecule has 2 atom stereocenters. The number of halogens is 7. The van der Waals surface area contributed by atoms with Gasteiger partial charge in [-0.2, -0.15) is 31.9 Å². The van der Waals surface area contributed by atoms with Gasteiger partial charge >= 0.3 is 12.4 Å². The van der Waals surface area contributed by atoms with Crippen molar-refractivity contribution in [2.24, 2.45) is 0 Å². The molecule has 0 aromatic heterocycles. The fourth-order valence-corrected chi connectivity index (χ4v) is 4.48. The normalized spacial score (nSPS) is 23.2. The fourth-order valence-electron chi connectivity index (χ4n) is 3.63. The van der Waals surface area contributed by atoms with Crippen LogP contribution in [0.2, 0.25) is 0 Å². The third-order valence-corrected chi connectivity index (χ3v) is 5.91. The largest absolute Gasteiger partial charge is 0.416 e. The molecule has 0 amide bonds. The monoisotopic (exact) mass is 498 g/mol. The van der Waals surface area contributed by atoms with Crippen LogP contribution >= 0.6 is 15.9 Å². The predicted octanol–water partition coefficient (Wildman–Crippen LogP) is 4.72. The third-order valence-electron chi connectivity index (χ3n) is 5.02. The molecule has 0 bridgehead atoms. The molecular weight excluding hydrogens is 478 g/mol. The van der Waals surface area contributed by atoms with Gasteiger partial charge < -0.3 is 5.32 Å². The van der Waals surface area contributed by atoms with Crippen molar-refractivity contribution in [1.82, 2.24) is 20.9 Å². The molecule has 166 valence electrons. The maximum absolute atomic E-state index is 13.2. The molecule has 1 saturated heterocycles. The van der Waals surface area contributed by atoms with Crippen LogP contribution in [0.25, 0.3) is 0 Å². The lowest BCUT2D eigenvalue weighted by Gasteiger charge is -2.28. The molecule has 2 N–H and O–H groups in total. The van der Waals surface area contributed by atoms with E-state index in [2.05, 4.69) is 26.8 Å². The van der Waals surface area contributed by atoms with Crippen molar-refractivity contribution in [3.05, 3.63) is 57.7 Å². The standard InChI is InChI=1S/C19H21BrF6N4/c1-29-17-15(30(28-29)10-4-9-18(21,22)23)8-7-14(16(17)20)27-11-12-5-2-3-6-13(12)19(24,25)26/h2-3,5-8,15,17,27-28H,4,9-11H2,1H3. The number of fused-ring (bicyclic) bond motifs is 1. The van der Waals surface area contributed by atoms with E-state index in [0.717, 1.165) is 6.07 Å². The van der Waals surface area contributed by atoms with E-state index in [0.29, 0.717) is 10.2 Å². The Labute approximate surface area is 178 Å². The minimum atomic E-state index is -4.44. The van der Waals surface area contributed by atoms with E-state index in [-0.39, 0.29) is 37.2 Å². The first-order chi connectivity index (χ1) is 14.0. The van der Waals surface area contributed by atoms with Gasteiger partial charge in [-0.25, -0.2) is 10.0 Å². The van der Waals surface area contributed by atoms with Gasteiger partial charge in [-0.1, -0.05) is 40.2 Å². The lowest BCUT2D eigenvalue weighted by molar-refractivity contribution is -0.138. The van der Waals surface area contributed by atoms with Gasteiger partial charge in [0.05, 0.1) is 17.6 Å². The third kappa shape index (κ3) is 5.37. The number of nitrogens with one attached hydrogen (secondary N) is 2. The summed E-state index contributed by atoms with van der Waals surface area (Å²) < 4.78 is 77.5. The summed E-state index contributed by atoms with van der Waals surface area (Å²) in [6, 6.07) is 4.94. The molecule has 0 saturated carbocycles. The Bertz CT molecular complexity index is 820. The van der Waals surface area contributed by atoms with Gasteiger partial charge in [-0.05, 0) is 24.1 Å². The average Bonchev–Trinajstić information content (AvgIpc) is 2.96. The summed E-state index contributed by atoms with van der Waals surface area (Å²) in [5.74, 6) is 0. The second-order valence-corrected chi connectivity index (χ2v) is 8.04. The second kappa shape index (κ2) is 8.89. The molecule has 1 aromatic rings. The van der Waals surface area contributed by atoms with Crippen LogP contribution in [-0.4, -0.2) is 41.9 Å². The molecule has 11 heteroatoms. The Morgan fingerprint density at radius 3 is 2.50 bits per heavy atom. The number of alkyl halides is 6. The molecule has 1 fully saturated rings. The number of hydrazine groups is 2. The zero-order chi connectivity index (χ0) is 22.1. The first-order valence-corrected chi connectivity index (χ1v) is 10.1. The minimum Gasteiger partial charge on any atom is -0.380 e. The highest BCUT2D eigenvalue weighted by atomic mass is 79.9. The Morgan fingerprint density at radius 2 is 1.83 bits per heavy atom. The lowest BCUT2D eigenvalue weighted by atomic mass is 10.00. The van der Waals surface area contributed by atoms with E-state index in [4.69, 9.17) is 0 Å². The number of benzene rings is 1. The lowest BCUT2D eigenvalue weighted by Crippen LogP contribution is -2.40. The van der Waals surface area contributed by atoms with Crippen molar-refractivity contribution in [3.63, 3.8) is 0 Å². The van der Waals surface area contributed by atoms with Crippen LogP contribution < -0.4 is 10.9 Å². The first-order valence-electron chi connectivity index (χ1n) is 9.27. The van der Waals surface area contributed by atoms with Gasteiger partial charge in [0.1, 0.15) is 0 Å². The molecule has 2 aliphatic rings. The molecule has 1 aromatic carbocycles. The molecule has 1 heterocycles. The van der Waals surface area contributed by atoms with Crippen LogP contribution in [0.4, 0.5) is 26.3 Å². The molecule has 0 spiro atoms. The SMILES string of the molecule is CN1NN(CCCC(F)(F)F)C2C=CC(NCc3ccccc3C(F)(F)F)=C(Br)C21. The number of allylic oxidation sites excluding steroid dienone is 1. The maximum Gasteiger partial charge on any atom is 0.416 e. The van der Waals surface area contributed by atoms with Crippen LogP contribution in [0.15, 0.2) is 46.6 Å². The number of likely N-dealkylation sites (N-methyl/N-ethyl adjacent to an activating group) is 1. The van der Waals surface area contributed by atoms with Crippen molar-refractivity contribution < 1.29 is 26.3 Å². The zero-order valence-electron chi connectivity index (χ0n) is 16.0. The van der Waals surface area contributed by atoms with Crippen LogP contribution in [0.5, 0.6) is 0 Å². The van der Waals surface area contributed by atoms with E-state index in [1.54, 1.807) is 29.2 Å². The highest BCUT2D eigenvalue weighted by Gasteiger charge is 2.41. The van der Waals surface area contributed by atoms with E-state index >= 15 is 0 Å². The van der Waals surface area contributed by atoms with Crippen molar-refractivity contribution in [3.8, 4) is 0 Å². The van der Waals surface area contributed by atoms with Crippen LogP contribution in [0.1, 0.15) is 24.0 Å². The van der Waals surface area contributed by atoms with E-state index in [1.165, 1.54) is 12.1 Å². The Kier molecular flexibility index (Phi) is 6.85. The molecule has 1 aliphatic heterocycles. The number of rotatable bonds is 6. The topological polar surface area (TPSA) is 30.5 Å². The Balaban J connectivity index is 1.67. The molecule has 0 radical (unpaired) electrons. The van der Waals surface area contributed by atoms with E-state index < -0.39 is 24.3 Å². The molecule has 2 unspecified atom stereocenters. The maximum atomic E-state index is 13.2. The number of hydrogen-bond donors (Lipinski definition) is 2. The Hall–Kier alpha value is -1.56. The second-order valence-electron chi connectivity index (χ2n) is 7.19. The van der Waals surface area contributed by atoms with Gasteiger partial charge in [0.25, 0.3) is 0 Å². The quantitative estimate of drug-likeness (QED) is 0.555. The van der Waals surface area contributed by atoms with Gasteiger partial charge in [0.15, 0.2) is 0 Å². The van der Waals surface area contributed by atoms with Crippen molar-refractivity contribution in [2.45, 2.75) is 43.8 Å². The highest BCUT2D eigenvalue weighted by Crippen LogP contribution is 2.34. The summed E-state index contributed by atoms with van der Waals surface area (Å²) >= 11 is 3.52. The fraction of sp³-hybridized carbons (Fsp3) is 0.474. The van der Waals surface area contributed by atoms with Gasteiger partial charge in [-0.3, -0.25) is 0 Å². The van der Waals surface area contributed by atoms with Crippen molar-refractivity contribution in [1.29, 1.82) is 0 Å². The number of nitrogens with zero attached hydrogens (tertiary/aromatic N) is 2. The summed E-state index contributed by atoms with van der Waals surface area (Å²) in [7, 11) is 1.76. The molecular formula is C19H21BrF6N4. The van der Waals surface area contributed by atoms with E-state index in [1.807, 2.05) is 6.08 Å². The summed E-state index contributed by atoms with van der Waals surface area (Å²) in [6.45, 7) is 0.186. The average molecular weight is 499 g/mol. The van der Waals surface area contributed by atoms with E-state index in [9.17, 15) is 26.3 Å². The van der Waals surface area contributed by atoms with Gasteiger partial charge in [-0.15, -0.1) is 0 Å². The summed E-state index contributed by atoms with van der Waals surface area (Å²) in [5.41, 5.74) is 3.10. The van der Waals surface area contributed by atoms with Gasteiger partial charge in [0, 0.05) is 36.7 Å². The molecule has 30 heavy (non-hydrogen) atoms. The van der Waals surface area contributed by atoms with Crippen LogP contribution in [0, 0.1) is 0 Å². The highest BCUT2D eigenvalue weighted by molar-refractivity contribution is 9.11. The predicted molar refractivity (Wildman–Crippen MR) is 104 cm³/mol. The molecule has 3 rings (SSSR count). The summed E-state index contributed by atoms with van der Waals surface area (Å²) in [4.78, 5) is 0. The summed E-state index contributed by atoms with van der Waals surface area (Å²) in [5, 5.41) is 6.52.